The summed E-state index contributed by atoms with van der Waals surface area (Å²) in [4.78, 5) is 0. The van der Waals surface area contributed by atoms with Gasteiger partial charge in [0.2, 0.25) is 0 Å². The minimum atomic E-state index is -0.147. The van der Waals surface area contributed by atoms with E-state index in [4.69, 9.17) is 15.6 Å². The fourth-order valence-electron chi connectivity index (χ4n) is 1.30. The van der Waals surface area contributed by atoms with Crippen molar-refractivity contribution in [1.82, 2.24) is 5.32 Å². The summed E-state index contributed by atoms with van der Waals surface area (Å²) < 4.78 is 5.40. The van der Waals surface area contributed by atoms with E-state index in [2.05, 4.69) is 5.32 Å². The van der Waals surface area contributed by atoms with Gasteiger partial charge in [0.1, 0.15) is 0 Å². The van der Waals surface area contributed by atoms with Gasteiger partial charge in [-0.15, -0.1) is 0 Å². The molecule has 72 valence electrons. The van der Waals surface area contributed by atoms with Gasteiger partial charge in [0, 0.05) is 25.7 Å². The van der Waals surface area contributed by atoms with Crippen LogP contribution in [0.4, 0.5) is 0 Å². The summed E-state index contributed by atoms with van der Waals surface area (Å²) in [5.41, 5.74) is 5.50. The SMILES string of the molecule is NC(CO)CNCC1CCCO1. The normalized spacial score (nSPS) is 26.0. The second-order valence-electron chi connectivity index (χ2n) is 3.24. The van der Waals surface area contributed by atoms with E-state index >= 15 is 0 Å². The molecule has 2 unspecified atom stereocenters. The zero-order valence-corrected chi connectivity index (χ0v) is 7.33. The predicted octanol–water partition coefficient (Wildman–Crippen LogP) is -0.925. The summed E-state index contributed by atoms with van der Waals surface area (Å²) in [5.74, 6) is 0. The van der Waals surface area contributed by atoms with Crippen molar-refractivity contribution in [2.45, 2.75) is 25.0 Å². The second-order valence-corrected chi connectivity index (χ2v) is 3.24. The highest BCUT2D eigenvalue weighted by atomic mass is 16.5. The van der Waals surface area contributed by atoms with Gasteiger partial charge in [-0.05, 0) is 12.8 Å². The third-order valence-electron chi connectivity index (χ3n) is 2.04. The number of hydrogen-bond donors (Lipinski definition) is 3. The molecule has 0 aliphatic carbocycles. The summed E-state index contributed by atoms with van der Waals surface area (Å²) in [6.07, 6.45) is 2.66. The number of rotatable bonds is 5. The van der Waals surface area contributed by atoms with E-state index in [1.807, 2.05) is 0 Å². The smallest absolute Gasteiger partial charge is 0.0700 e. The lowest BCUT2D eigenvalue weighted by Crippen LogP contribution is -2.39. The van der Waals surface area contributed by atoms with E-state index in [-0.39, 0.29) is 12.6 Å². The molecule has 4 heteroatoms. The molecular formula is C8H18N2O2. The summed E-state index contributed by atoms with van der Waals surface area (Å²) in [5, 5.41) is 11.8. The molecule has 0 spiro atoms. The fourth-order valence-corrected chi connectivity index (χ4v) is 1.30. The largest absolute Gasteiger partial charge is 0.395 e. The maximum atomic E-state index is 8.63. The predicted molar refractivity (Wildman–Crippen MR) is 46.9 cm³/mol. The summed E-state index contributed by atoms with van der Waals surface area (Å²) in [7, 11) is 0. The van der Waals surface area contributed by atoms with E-state index in [9.17, 15) is 0 Å². The molecule has 1 saturated heterocycles. The summed E-state index contributed by atoms with van der Waals surface area (Å²) in [6.45, 7) is 2.45. The van der Waals surface area contributed by atoms with Crippen LogP contribution in [0.1, 0.15) is 12.8 Å². The molecule has 0 saturated carbocycles. The van der Waals surface area contributed by atoms with E-state index in [1.54, 1.807) is 0 Å². The molecule has 1 heterocycles. The number of aliphatic hydroxyl groups excluding tert-OH is 1. The Labute approximate surface area is 73.1 Å². The maximum Gasteiger partial charge on any atom is 0.0700 e. The van der Waals surface area contributed by atoms with Gasteiger partial charge in [0.25, 0.3) is 0 Å². The lowest BCUT2D eigenvalue weighted by molar-refractivity contribution is 0.109. The van der Waals surface area contributed by atoms with Crippen LogP contribution in [0.3, 0.4) is 0 Å². The molecule has 1 fully saturated rings. The Kier molecular flexibility index (Phi) is 4.53. The first-order valence-electron chi connectivity index (χ1n) is 4.51. The van der Waals surface area contributed by atoms with Crippen LogP contribution in [-0.2, 0) is 4.74 Å². The number of hydrogen-bond acceptors (Lipinski definition) is 4. The van der Waals surface area contributed by atoms with Crippen molar-refractivity contribution in [3.8, 4) is 0 Å². The Bertz CT molecular complexity index is 116. The molecule has 0 aromatic rings. The van der Waals surface area contributed by atoms with Gasteiger partial charge in [-0.2, -0.15) is 0 Å². The van der Waals surface area contributed by atoms with Gasteiger partial charge in [0.15, 0.2) is 0 Å². The molecule has 0 radical (unpaired) electrons. The Morgan fingerprint density at radius 2 is 2.50 bits per heavy atom. The van der Waals surface area contributed by atoms with E-state index < -0.39 is 0 Å². The van der Waals surface area contributed by atoms with Crippen LogP contribution in [0.25, 0.3) is 0 Å². The summed E-state index contributed by atoms with van der Waals surface area (Å²) >= 11 is 0. The second kappa shape index (κ2) is 5.48. The minimum absolute atomic E-state index is 0.0402. The highest BCUT2D eigenvalue weighted by Gasteiger charge is 2.14. The molecular weight excluding hydrogens is 156 g/mol. The molecule has 0 aromatic carbocycles. The fraction of sp³-hybridized carbons (Fsp3) is 1.00. The molecule has 0 amide bonds. The van der Waals surface area contributed by atoms with Crippen molar-refractivity contribution in [1.29, 1.82) is 0 Å². The summed E-state index contributed by atoms with van der Waals surface area (Å²) in [6, 6.07) is -0.147. The van der Waals surface area contributed by atoms with Crippen LogP contribution < -0.4 is 11.1 Å². The number of aliphatic hydroxyl groups is 1. The zero-order chi connectivity index (χ0) is 8.81. The first-order valence-corrected chi connectivity index (χ1v) is 4.51. The van der Waals surface area contributed by atoms with Gasteiger partial charge >= 0.3 is 0 Å². The average Bonchev–Trinajstić information content (AvgIpc) is 2.57. The Hall–Kier alpha value is -0.160. The van der Waals surface area contributed by atoms with E-state index in [1.165, 1.54) is 6.42 Å². The third-order valence-corrected chi connectivity index (χ3v) is 2.04. The molecule has 4 nitrogen and oxygen atoms in total. The van der Waals surface area contributed by atoms with Crippen molar-refractivity contribution in [2.75, 3.05) is 26.3 Å². The van der Waals surface area contributed by atoms with Crippen molar-refractivity contribution < 1.29 is 9.84 Å². The van der Waals surface area contributed by atoms with Crippen LogP contribution in [0.2, 0.25) is 0 Å². The molecule has 1 aliphatic heterocycles. The van der Waals surface area contributed by atoms with Gasteiger partial charge in [-0.25, -0.2) is 0 Å². The standard InChI is InChI=1S/C8H18N2O2/c9-7(6-11)4-10-5-8-2-1-3-12-8/h7-8,10-11H,1-6,9H2. The minimum Gasteiger partial charge on any atom is -0.395 e. The molecule has 0 aromatic heterocycles. The molecule has 12 heavy (non-hydrogen) atoms. The monoisotopic (exact) mass is 174 g/mol. The number of nitrogens with one attached hydrogen (secondary N) is 1. The lowest BCUT2D eigenvalue weighted by Gasteiger charge is -2.13. The first kappa shape index (κ1) is 9.92. The van der Waals surface area contributed by atoms with Gasteiger partial charge < -0.3 is 20.9 Å². The van der Waals surface area contributed by atoms with Crippen LogP contribution in [0, 0.1) is 0 Å². The first-order chi connectivity index (χ1) is 5.83. The van der Waals surface area contributed by atoms with E-state index in [0.717, 1.165) is 19.6 Å². The number of ether oxygens (including phenoxy) is 1. The third kappa shape index (κ3) is 3.49. The lowest BCUT2D eigenvalue weighted by atomic mass is 10.2. The molecule has 0 bridgehead atoms. The van der Waals surface area contributed by atoms with Crippen LogP contribution in [0.5, 0.6) is 0 Å². The Balaban J connectivity index is 1.94. The van der Waals surface area contributed by atoms with Gasteiger partial charge in [-0.3, -0.25) is 0 Å². The Morgan fingerprint density at radius 1 is 1.67 bits per heavy atom. The Morgan fingerprint density at radius 3 is 3.08 bits per heavy atom. The van der Waals surface area contributed by atoms with Crippen LogP contribution in [0.15, 0.2) is 0 Å². The average molecular weight is 174 g/mol. The number of nitrogens with two attached hydrogens (primary N) is 1. The van der Waals surface area contributed by atoms with Crippen LogP contribution in [-0.4, -0.2) is 43.6 Å². The molecule has 4 N–H and O–H groups in total. The highest BCUT2D eigenvalue weighted by molar-refractivity contribution is 4.69. The van der Waals surface area contributed by atoms with Crippen molar-refractivity contribution in [2.24, 2.45) is 5.73 Å². The van der Waals surface area contributed by atoms with Crippen molar-refractivity contribution in [3.05, 3.63) is 0 Å². The van der Waals surface area contributed by atoms with Crippen molar-refractivity contribution >= 4 is 0 Å². The maximum absolute atomic E-state index is 8.63. The molecule has 2 atom stereocenters. The van der Waals surface area contributed by atoms with Gasteiger partial charge in [-0.1, -0.05) is 0 Å². The van der Waals surface area contributed by atoms with E-state index in [0.29, 0.717) is 12.6 Å². The van der Waals surface area contributed by atoms with Gasteiger partial charge in [0.05, 0.1) is 12.7 Å². The van der Waals surface area contributed by atoms with Crippen molar-refractivity contribution in [3.63, 3.8) is 0 Å². The molecule has 1 rings (SSSR count). The topological polar surface area (TPSA) is 67.5 Å². The highest BCUT2D eigenvalue weighted by Crippen LogP contribution is 2.10. The zero-order valence-electron chi connectivity index (χ0n) is 7.33. The van der Waals surface area contributed by atoms with Crippen LogP contribution >= 0.6 is 0 Å². The quantitative estimate of drug-likeness (QED) is 0.504. The molecule has 1 aliphatic rings.